The van der Waals surface area contributed by atoms with E-state index in [0.717, 1.165) is 10.5 Å². The number of nitrogens with two attached hydrogens (primary N) is 1. The van der Waals surface area contributed by atoms with Gasteiger partial charge in [0.25, 0.3) is 0 Å². The highest BCUT2D eigenvalue weighted by atomic mass is 16.4. The number of aliphatic carboxylic acids is 1. The fourth-order valence-electron chi connectivity index (χ4n) is 3.61. The minimum atomic E-state index is -1.37. The molecule has 36 heavy (non-hydrogen) atoms. The molecule has 0 radical (unpaired) electrons. The molecule has 0 aliphatic carbocycles. The minimum absolute atomic E-state index is 0.0493. The standard InChI is InChI=1S/C27H35N3O6/c1-17(2)23(31)16-24(32)30(26(34)21(28)14-19-10-6-4-7-11-19)22(15-20-12-8-5-9-13-20)25(33)29-18(3)27(35)36/h4-13,17-18,21-23,31H,14-16,28H2,1-3H3,(H,29,33)(H,35,36)/t18-,21+,22-,23-/m0/s1. The number of aliphatic hydroxyl groups excluding tert-OH is 1. The molecule has 0 unspecified atom stereocenters. The summed E-state index contributed by atoms with van der Waals surface area (Å²) in [5.41, 5.74) is 7.66. The van der Waals surface area contributed by atoms with Gasteiger partial charge in [0.05, 0.1) is 18.6 Å². The molecule has 5 N–H and O–H groups in total. The monoisotopic (exact) mass is 497 g/mol. The summed E-state index contributed by atoms with van der Waals surface area (Å²) in [6.07, 6.45) is -1.36. The van der Waals surface area contributed by atoms with Crippen LogP contribution in [0.1, 0.15) is 38.3 Å². The topological polar surface area (TPSA) is 150 Å². The summed E-state index contributed by atoms with van der Waals surface area (Å²) >= 11 is 0. The fourth-order valence-corrected chi connectivity index (χ4v) is 3.61. The number of nitrogens with one attached hydrogen (secondary N) is 1. The molecule has 194 valence electrons. The summed E-state index contributed by atoms with van der Waals surface area (Å²) in [4.78, 5) is 52.5. The van der Waals surface area contributed by atoms with Crippen LogP contribution in [0.4, 0.5) is 0 Å². The lowest BCUT2D eigenvalue weighted by molar-refractivity contribution is -0.154. The lowest BCUT2D eigenvalue weighted by atomic mass is 9.98. The molecule has 0 heterocycles. The van der Waals surface area contributed by atoms with Crippen molar-refractivity contribution in [2.45, 2.75) is 64.3 Å². The number of carbonyl (C=O) groups is 4. The molecule has 0 aliphatic heterocycles. The SMILES string of the molecule is CC(C)[C@@H](O)CC(=O)N(C(=O)[C@H](N)Cc1ccccc1)[C@@H](Cc1ccccc1)C(=O)N[C@@H](C)C(=O)O. The Morgan fingerprint density at radius 1 is 0.889 bits per heavy atom. The van der Waals surface area contributed by atoms with Gasteiger partial charge in [0, 0.05) is 6.42 Å². The van der Waals surface area contributed by atoms with Crippen molar-refractivity contribution in [3.05, 3.63) is 71.8 Å². The van der Waals surface area contributed by atoms with Crippen molar-refractivity contribution in [2.24, 2.45) is 11.7 Å². The summed E-state index contributed by atoms with van der Waals surface area (Å²) in [5.74, 6) is -3.87. The zero-order valence-electron chi connectivity index (χ0n) is 20.8. The molecule has 2 aromatic rings. The minimum Gasteiger partial charge on any atom is -0.480 e. The molecule has 0 bridgehead atoms. The van der Waals surface area contributed by atoms with E-state index in [1.54, 1.807) is 68.4 Å². The van der Waals surface area contributed by atoms with E-state index in [2.05, 4.69) is 5.32 Å². The van der Waals surface area contributed by atoms with Gasteiger partial charge in [-0.05, 0) is 30.4 Å². The van der Waals surface area contributed by atoms with Crippen LogP contribution in [0.3, 0.4) is 0 Å². The Labute approximate surface area is 211 Å². The van der Waals surface area contributed by atoms with Crippen molar-refractivity contribution < 1.29 is 29.4 Å². The number of nitrogens with zero attached hydrogens (tertiary/aromatic N) is 1. The maximum absolute atomic E-state index is 13.6. The molecule has 0 aliphatic rings. The first-order valence-electron chi connectivity index (χ1n) is 11.9. The Kier molecular flexibility index (Phi) is 10.8. The van der Waals surface area contributed by atoms with Crippen LogP contribution < -0.4 is 11.1 Å². The molecule has 4 atom stereocenters. The molecular formula is C27H35N3O6. The maximum Gasteiger partial charge on any atom is 0.325 e. The highest BCUT2D eigenvalue weighted by Crippen LogP contribution is 2.17. The van der Waals surface area contributed by atoms with Crippen molar-refractivity contribution in [1.82, 2.24) is 10.2 Å². The average Bonchev–Trinajstić information content (AvgIpc) is 2.84. The van der Waals surface area contributed by atoms with Crippen LogP contribution >= 0.6 is 0 Å². The van der Waals surface area contributed by atoms with Crippen LogP contribution in [0.25, 0.3) is 0 Å². The number of benzene rings is 2. The van der Waals surface area contributed by atoms with Crippen LogP contribution in [0.15, 0.2) is 60.7 Å². The number of carboxylic acid groups (broad SMARTS) is 1. The second-order valence-electron chi connectivity index (χ2n) is 9.19. The Morgan fingerprint density at radius 3 is 1.86 bits per heavy atom. The summed E-state index contributed by atoms with van der Waals surface area (Å²) in [6, 6.07) is 14.0. The third-order valence-electron chi connectivity index (χ3n) is 5.89. The van der Waals surface area contributed by atoms with Crippen molar-refractivity contribution >= 4 is 23.7 Å². The van der Waals surface area contributed by atoms with Gasteiger partial charge in [0.1, 0.15) is 12.1 Å². The normalized spacial score (nSPS) is 14.4. The zero-order valence-corrected chi connectivity index (χ0v) is 20.8. The number of imide groups is 1. The van der Waals surface area contributed by atoms with Gasteiger partial charge in [0.2, 0.25) is 17.7 Å². The Balaban J connectivity index is 2.47. The molecule has 2 aromatic carbocycles. The summed E-state index contributed by atoms with van der Waals surface area (Å²) in [6.45, 7) is 4.75. The molecule has 9 heteroatoms. The van der Waals surface area contributed by atoms with E-state index in [4.69, 9.17) is 5.73 Å². The number of hydrogen-bond donors (Lipinski definition) is 4. The molecule has 0 spiro atoms. The molecule has 0 fully saturated rings. The molecule has 2 rings (SSSR count). The lowest BCUT2D eigenvalue weighted by Crippen LogP contribution is -2.59. The second kappa shape index (κ2) is 13.5. The number of rotatable bonds is 12. The first kappa shape index (κ1) is 28.7. The van der Waals surface area contributed by atoms with Crippen molar-refractivity contribution in [2.75, 3.05) is 0 Å². The van der Waals surface area contributed by atoms with E-state index >= 15 is 0 Å². The van der Waals surface area contributed by atoms with E-state index in [0.29, 0.717) is 5.56 Å². The molecule has 0 saturated heterocycles. The van der Waals surface area contributed by atoms with Crippen LogP contribution in [0.5, 0.6) is 0 Å². The molecule has 3 amide bonds. The first-order valence-corrected chi connectivity index (χ1v) is 11.9. The molecule has 9 nitrogen and oxygen atoms in total. The van der Waals surface area contributed by atoms with Crippen LogP contribution in [-0.2, 0) is 32.0 Å². The van der Waals surface area contributed by atoms with E-state index in [9.17, 15) is 29.4 Å². The van der Waals surface area contributed by atoms with Gasteiger partial charge in [0.15, 0.2) is 0 Å². The van der Waals surface area contributed by atoms with Gasteiger partial charge in [-0.25, -0.2) is 0 Å². The second-order valence-corrected chi connectivity index (χ2v) is 9.19. The number of hydrogen-bond acceptors (Lipinski definition) is 6. The van der Waals surface area contributed by atoms with Gasteiger partial charge in [-0.15, -0.1) is 0 Å². The third-order valence-corrected chi connectivity index (χ3v) is 5.89. The Bertz CT molecular complexity index is 1030. The van der Waals surface area contributed by atoms with Crippen LogP contribution in [0.2, 0.25) is 0 Å². The third kappa shape index (κ3) is 8.28. The van der Waals surface area contributed by atoms with Gasteiger partial charge in [-0.1, -0.05) is 74.5 Å². The number of carbonyl (C=O) groups excluding carboxylic acids is 3. The Hall–Kier alpha value is -3.56. The first-order chi connectivity index (χ1) is 17.0. The van der Waals surface area contributed by atoms with Gasteiger partial charge >= 0.3 is 5.97 Å². The summed E-state index contributed by atoms with van der Waals surface area (Å²) in [7, 11) is 0. The molecular weight excluding hydrogens is 462 g/mol. The molecule has 0 aromatic heterocycles. The predicted molar refractivity (Wildman–Crippen MR) is 135 cm³/mol. The largest absolute Gasteiger partial charge is 0.480 e. The highest BCUT2D eigenvalue weighted by Gasteiger charge is 2.38. The Morgan fingerprint density at radius 2 is 1.39 bits per heavy atom. The lowest BCUT2D eigenvalue weighted by Gasteiger charge is -2.33. The predicted octanol–water partition coefficient (Wildman–Crippen LogP) is 1.52. The number of aliphatic hydroxyl groups is 1. The smallest absolute Gasteiger partial charge is 0.325 e. The summed E-state index contributed by atoms with van der Waals surface area (Å²) in [5, 5.41) is 22.0. The van der Waals surface area contributed by atoms with Gasteiger partial charge < -0.3 is 21.3 Å². The van der Waals surface area contributed by atoms with E-state index in [1.165, 1.54) is 6.92 Å². The zero-order chi connectivity index (χ0) is 26.8. The van der Waals surface area contributed by atoms with Crippen LogP contribution in [0, 0.1) is 5.92 Å². The highest BCUT2D eigenvalue weighted by molar-refractivity contribution is 6.03. The summed E-state index contributed by atoms with van der Waals surface area (Å²) < 4.78 is 0. The van der Waals surface area contributed by atoms with Crippen molar-refractivity contribution in [3.8, 4) is 0 Å². The average molecular weight is 498 g/mol. The molecule has 0 saturated carbocycles. The van der Waals surface area contributed by atoms with E-state index < -0.39 is 54.3 Å². The number of carboxylic acids is 1. The fraction of sp³-hybridized carbons (Fsp3) is 0.407. The van der Waals surface area contributed by atoms with Crippen molar-refractivity contribution in [3.63, 3.8) is 0 Å². The van der Waals surface area contributed by atoms with Crippen LogP contribution in [-0.4, -0.2) is 63.0 Å². The van der Waals surface area contributed by atoms with E-state index in [1.807, 2.05) is 6.07 Å². The number of amides is 3. The van der Waals surface area contributed by atoms with Gasteiger partial charge in [-0.2, -0.15) is 0 Å². The van der Waals surface area contributed by atoms with E-state index in [-0.39, 0.29) is 18.8 Å². The van der Waals surface area contributed by atoms with Gasteiger partial charge in [-0.3, -0.25) is 24.1 Å². The maximum atomic E-state index is 13.6. The van der Waals surface area contributed by atoms with Crippen molar-refractivity contribution in [1.29, 1.82) is 0 Å². The quantitative estimate of drug-likeness (QED) is 0.347.